The standard InChI is InChI=1S/C21H34N4O3/c1-5-24(6-2)18-8-9-19(16(4)14-18)23-20(26)15-22-17-10-12-25(13-11-17)21(27)28-7-3/h8-9,14,17,22H,5-7,10-13,15H2,1-4H3,(H,23,26). The van der Waals surface area contributed by atoms with Crippen molar-refractivity contribution < 1.29 is 14.3 Å². The van der Waals surface area contributed by atoms with Crippen molar-refractivity contribution in [1.82, 2.24) is 10.2 Å². The number of likely N-dealkylation sites (tertiary alicyclic amines) is 1. The number of rotatable bonds is 8. The zero-order valence-corrected chi connectivity index (χ0v) is 17.6. The molecule has 28 heavy (non-hydrogen) atoms. The molecule has 0 aliphatic carbocycles. The quantitative estimate of drug-likeness (QED) is 0.714. The molecule has 2 N–H and O–H groups in total. The molecule has 1 aromatic rings. The lowest BCUT2D eigenvalue weighted by Gasteiger charge is -2.31. The van der Waals surface area contributed by atoms with E-state index in [-0.39, 0.29) is 24.6 Å². The van der Waals surface area contributed by atoms with Gasteiger partial charge in [0.25, 0.3) is 0 Å². The molecule has 0 aromatic heterocycles. The van der Waals surface area contributed by atoms with Gasteiger partial charge in [-0.05, 0) is 64.3 Å². The van der Waals surface area contributed by atoms with Crippen LogP contribution in [0.5, 0.6) is 0 Å². The summed E-state index contributed by atoms with van der Waals surface area (Å²) in [5.74, 6) is -0.0495. The molecule has 0 spiro atoms. The minimum Gasteiger partial charge on any atom is -0.450 e. The van der Waals surface area contributed by atoms with E-state index in [9.17, 15) is 9.59 Å². The van der Waals surface area contributed by atoms with E-state index in [0.717, 1.165) is 37.2 Å². The summed E-state index contributed by atoms with van der Waals surface area (Å²) in [6, 6.07) is 6.37. The highest BCUT2D eigenvalue weighted by Crippen LogP contribution is 2.22. The third kappa shape index (κ3) is 6.12. The van der Waals surface area contributed by atoms with Crippen molar-refractivity contribution in [3.63, 3.8) is 0 Å². The Morgan fingerprint density at radius 1 is 1.18 bits per heavy atom. The van der Waals surface area contributed by atoms with Gasteiger partial charge in [-0.2, -0.15) is 0 Å². The Morgan fingerprint density at radius 3 is 2.43 bits per heavy atom. The molecule has 2 amide bonds. The molecule has 1 fully saturated rings. The van der Waals surface area contributed by atoms with Gasteiger partial charge in [0.05, 0.1) is 13.2 Å². The molecule has 2 rings (SSSR count). The maximum atomic E-state index is 12.3. The lowest BCUT2D eigenvalue weighted by molar-refractivity contribution is -0.115. The molecule has 1 saturated heterocycles. The number of hydrogen-bond acceptors (Lipinski definition) is 5. The smallest absolute Gasteiger partial charge is 0.409 e. The highest BCUT2D eigenvalue weighted by molar-refractivity contribution is 5.93. The van der Waals surface area contributed by atoms with Gasteiger partial charge in [0.2, 0.25) is 5.91 Å². The van der Waals surface area contributed by atoms with Gasteiger partial charge in [-0.25, -0.2) is 4.79 Å². The largest absolute Gasteiger partial charge is 0.450 e. The molecule has 1 aliphatic heterocycles. The maximum Gasteiger partial charge on any atom is 0.409 e. The van der Waals surface area contributed by atoms with Gasteiger partial charge in [-0.3, -0.25) is 4.79 Å². The predicted octanol–water partition coefficient (Wildman–Crippen LogP) is 2.99. The van der Waals surface area contributed by atoms with Gasteiger partial charge in [0.1, 0.15) is 0 Å². The second-order valence-electron chi connectivity index (χ2n) is 7.06. The third-order valence-corrected chi connectivity index (χ3v) is 5.18. The molecule has 1 heterocycles. The van der Waals surface area contributed by atoms with Crippen LogP contribution in [0, 0.1) is 6.92 Å². The molecule has 7 nitrogen and oxygen atoms in total. The van der Waals surface area contributed by atoms with Crippen molar-refractivity contribution in [2.24, 2.45) is 0 Å². The summed E-state index contributed by atoms with van der Waals surface area (Å²) in [6.45, 7) is 12.0. The van der Waals surface area contributed by atoms with Crippen LogP contribution < -0.4 is 15.5 Å². The van der Waals surface area contributed by atoms with E-state index in [1.807, 2.05) is 26.0 Å². The number of anilines is 2. The summed E-state index contributed by atoms with van der Waals surface area (Å²) in [5.41, 5.74) is 3.08. The number of carbonyl (C=O) groups excluding carboxylic acids is 2. The van der Waals surface area contributed by atoms with Crippen LogP contribution in [0.4, 0.5) is 16.2 Å². The first-order valence-corrected chi connectivity index (χ1v) is 10.3. The first-order valence-electron chi connectivity index (χ1n) is 10.3. The van der Waals surface area contributed by atoms with E-state index in [0.29, 0.717) is 19.7 Å². The van der Waals surface area contributed by atoms with Crippen LogP contribution in [0.1, 0.15) is 39.2 Å². The first-order chi connectivity index (χ1) is 13.5. The molecule has 0 unspecified atom stereocenters. The lowest BCUT2D eigenvalue weighted by Crippen LogP contribution is -2.46. The SMILES string of the molecule is CCOC(=O)N1CCC(NCC(=O)Nc2ccc(N(CC)CC)cc2C)CC1. The maximum absolute atomic E-state index is 12.3. The zero-order chi connectivity index (χ0) is 20.5. The van der Waals surface area contributed by atoms with Crippen molar-refractivity contribution in [2.45, 2.75) is 46.6 Å². The number of benzene rings is 1. The number of aryl methyl sites for hydroxylation is 1. The van der Waals surface area contributed by atoms with Crippen LogP contribution in [0.25, 0.3) is 0 Å². The normalized spacial score (nSPS) is 14.6. The van der Waals surface area contributed by atoms with Gasteiger partial charge in [0, 0.05) is 43.6 Å². The zero-order valence-electron chi connectivity index (χ0n) is 17.6. The number of piperidine rings is 1. The van der Waals surface area contributed by atoms with Crippen molar-refractivity contribution >= 4 is 23.4 Å². The number of ether oxygens (including phenoxy) is 1. The summed E-state index contributed by atoms with van der Waals surface area (Å²) in [5, 5.41) is 6.29. The summed E-state index contributed by atoms with van der Waals surface area (Å²) in [7, 11) is 0. The average Bonchev–Trinajstić information content (AvgIpc) is 2.70. The summed E-state index contributed by atoms with van der Waals surface area (Å²) >= 11 is 0. The molecule has 0 saturated carbocycles. The molecule has 0 atom stereocenters. The van der Waals surface area contributed by atoms with E-state index >= 15 is 0 Å². The van der Waals surface area contributed by atoms with Gasteiger partial charge >= 0.3 is 6.09 Å². The number of hydrogen-bond donors (Lipinski definition) is 2. The van der Waals surface area contributed by atoms with Crippen LogP contribution in [-0.2, 0) is 9.53 Å². The summed E-state index contributed by atoms with van der Waals surface area (Å²) < 4.78 is 5.03. The topological polar surface area (TPSA) is 73.9 Å². The monoisotopic (exact) mass is 390 g/mol. The third-order valence-electron chi connectivity index (χ3n) is 5.18. The van der Waals surface area contributed by atoms with Crippen LogP contribution in [0.15, 0.2) is 18.2 Å². The fourth-order valence-electron chi connectivity index (χ4n) is 3.49. The molecular weight excluding hydrogens is 356 g/mol. The van der Waals surface area contributed by atoms with Crippen LogP contribution in [0.2, 0.25) is 0 Å². The Hall–Kier alpha value is -2.28. The molecule has 1 aromatic carbocycles. The Labute approximate surface area is 168 Å². The molecule has 0 bridgehead atoms. The van der Waals surface area contributed by atoms with Crippen molar-refractivity contribution in [3.05, 3.63) is 23.8 Å². The van der Waals surface area contributed by atoms with Crippen LogP contribution >= 0.6 is 0 Å². The Kier molecular flexibility index (Phi) is 8.57. The molecule has 156 valence electrons. The van der Waals surface area contributed by atoms with Crippen LogP contribution in [0.3, 0.4) is 0 Å². The van der Waals surface area contributed by atoms with Gasteiger partial charge in [-0.1, -0.05) is 0 Å². The predicted molar refractivity (Wildman–Crippen MR) is 113 cm³/mol. The Bertz CT molecular complexity index is 653. The van der Waals surface area contributed by atoms with E-state index in [1.165, 1.54) is 5.69 Å². The fourth-order valence-corrected chi connectivity index (χ4v) is 3.49. The van der Waals surface area contributed by atoms with Crippen molar-refractivity contribution in [2.75, 3.05) is 49.5 Å². The average molecular weight is 391 g/mol. The number of amides is 2. The highest BCUT2D eigenvalue weighted by atomic mass is 16.6. The molecule has 7 heteroatoms. The second kappa shape index (κ2) is 10.9. The fraction of sp³-hybridized carbons (Fsp3) is 0.619. The van der Waals surface area contributed by atoms with E-state index in [4.69, 9.17) is 4.74 Å². The lowest BCUT2D eigenvalue weighted by atomic mass is 10.1. The first kappa shape index (κ1) is 22.0. The Balaban J connectivity index is 1.78. The van der Waals surface area contributed by atoms with Gasteiger partial charge in [-0.15, -0.1) is 0 Å². The molecule has 1 aliphatic rings. The number of carbonyl (C=O) groups is 2. The van der Waals surface area contributed by atoms with Crippen molar-refractivity contribution in [1.29, 1.82) is 0 Å². The minimum atomic E-state index is -0.248. The van der Waals surface area contributed by atoms with Gasteiger partial charge < -0.3 is 25.2 Å². The highest BCUT2D eigenvalue weighted by Gasteiger charge is 2.23. The van der Waals surface area contributed by atoms with E-state index in [1.54, 1.807) is 4.90 Å². The minimum absolute atomic E-state index is 0.0495. The molecular formula is C21H34N4O3. The van der Waals surface area contributed by atoms with E-state index < -0.39 is 0 Å². The van der Waals surface area contributed by atoms with Crippen molar-refractivity contribution in [3.8, 4) is 0 Å². The Morgan fingerprint density at radius 2 is 1.86 bits per heavy atom. The number of nitrogens with one attached hydrogen (secondary N) is 2. The number of nitrogens with zero attached hydrogens (tertiary/aromatic N) is 2. The summed E-state index contributed by atoms with van der Waals surface area (Å²) in [6.07, 6.45) is 1.40. The summed E-state index contributed by atoms with van der Waals surface area (Å²) in [4.78, 5) is 28.1. The van der Waals surface area contributed by atoms with E-state index in [2.05, 4.69) is 35.4 Å². The van der Waals surface area contributed by atoms with Crippen LogP contribution in [-0.4, -0.2) is 62.3 Å². The molecule has 0 radical (unpaired) electrons. The van der Waals surface area contributed by atoms with Gasteiger partial charge in [0.15, 0.2) is 0 Å². The second-order valence-corrected chi connectivity index (χ2v) is 7.06.